The third kappa shape index (κ3) is 4.61. The fraction of sp³-hybridized carbons (Fsp3) is 0.316. The number of rotatable bonds is 6. The summed E-state index contributed by atoms with van der Waals surface area (Å²) in [5.41, 5.74) is 2.46. The highest BCUT2D eigenvalue weighted by molar-refractivity contribution is 7.80. The Hall–Kier alpha value is -2.27. The maximum atomic E-state index is 5.39. The van der Waals surface area contributed by atoms with E-state index in [1.165, 1.54) is 5.56 Å². The van der Waals surface area contributed by atoms with Gasteiger partial charge in [0.15, 0.2) is 16.6 Å². The summed E-state index contributed by atoms with van der Waals surface area (Å²) in [6, 6.07) is 16.8. The van der Waals surface area contributed by atoms with Gasteiger partial charge in [-0.3, -0.25) is 0 Å². The van der Waals surface area contributed by atoms with Crippen LogP contribution in [0.2, 0.25) is 0 Å². The summed E-state index contributed by atoms with van der Waals surface area (Å²) >= 11 is 5.38. The van der Waals surface area contributed by atoms with Crippen LogP contribution in [0, 0.1) is 0 Å². The van der Waals surface area contributed by atoms with Crippen LogP contribution in [0.25, 0.3) is 0 Å². The van der Waals surface area contributed by atoms with E-state index in [9.17, 15) is 0 Å². The topological polar surface area (TPSA) is 42.5 Å². The number of ether oxygens (including phenoxy) is 2. The molecule has 0 fully saturated rings. The molecule has 1 atom stereocenters. The van der Waals surface area contributed by atoms with Gasteiger partial charge in [-0.05, 0) is 55.2 Å². The first-order valence-electron chi connectivity index (χ1n) is 8.17. The fourth-order valence-corrected chi connectivity index (χ4v) is 2.88. The van der Waals surface area contributed by atoms with Gasteiger partial charge < -0.3 is 20.1 Å². The van der Waals surface area contributed by atoms with Crippen molar-refractivity contribution >= 4 is 17.3 Å². The first-order chi connectivity index (χ1) is 11.7. The van der Waals surface area contributed by atoms with Crippen molar-refractivity contribution in [3.8, 4) is 11.5 Å². The van der Waals surface area contributed by atoms with Gasteiger partial charge in [0.05, 0.1) is 0 Å². The lowest BCUT2D eigenvalue weighted by atomic mass is 10.1. The molecule has 126 valence electrons. The number of aryl methyl sites for hydroxylation is 1. The Balaban J connectivity index is 1.40. The van der Waals surface area contributed by atoms with E-state index in [4.69, 9.17) is 21.7 Å². The van der Waals surface area contributed by atoms with E-state index in [-0.39, 0.29) is 0 Å². The summed E-state index contributed by atoms with van der Waals surface area (Å²) in [7, 11) is 0. The normalized spacial score (nSPS) is 13.4. The molecule has 2 N–H and O–H groups in total. The maximum Gasteiger partial charge on any atom is 0.231 e. The number of thiocarbonyl (C=S) groups is 1. The molecule has 24 heavy (non-hydrogen) atoms. The van der Waals surface area contributed by atoms with Crippen molar-refractivity contribution in [2.75, 3.05) is 6.79 Å². The van der Waals surface area contributed by atoms with E-state index in [0.29, 0.717) is 24.5 Å². The molecule has 0 aliphatic carbocycles. The SMILES string of the molecule is C[C@@H](CCc1ccccc1)NC(=S)NCc1ccc2c(c1)OCO2. The molecular weight excluding hydrogens is 320 g/mol. The lowest BCUT2D eigenvalue weighted by Crippen LogP contribution is -2.40. The van der Waals surface area contributed by atoms with E-state index in [1.807, 2.05) is 24.3 Å². The molecule has 0 saturated carbocycles. The Morgan fingerprint density at radius 1 is 1.08 bits per heavy atom. The monoisotopic (exact) mass is 342 g/mol. The minimum Gasteiger partial charge on any atom is -0.454 e. The smallest absolute Gasteiger partial charge is 0.231 e. The van der Waals surface area contributed by atoms with Gasteiger partial charge in [-0.1, -0.05) is 36.4 Å². The number of nitrogens with one attached hydrogen (secondary N) is 2. The molecule has 0 amide bonds. The Kier molecular flexibility index (Phi) is 5.54. The number of hydrogen-bond donors (Lipinski definition) is 2. The van der Waals surface area contributed by atoms with Gasteiger partial charge in [0.1, 0.15) is 0 Å². The summed E-state index contributed by atoms with van der Waals surface area (Å²) in [5.74, 6) is 1.60. The summed E-state index contributed by atoms with van der Waals surface area (Å²) in [4.78, 5) is 0. The van der Waals surface area contributed by atoms with Gasteiger partial charge in [0.2, 0.25) is 6.79 Å². The third-order valence-corrected chi connectivity index (χ3v) is 4.24. The summed E-state index contributed by atoms with van der Waals surface area (Å²) in [6.45, 7) is 3.11. The zero-order valence-electron chi connectivity index (χ0n) is 13.7. The fourth-order valence-electron chi connectivity index (χ4n) is 2.61. The van der Waals surface area contributed by atoms with Crippen molar-refractivity contribution in [2.45, 2.75) is 32.4 Å². The highest BCUT2D eigenvalue weighted by atomic mass is 32.1. The lowest BCUT2D eigenvalue weighted by molar-refractivity contribution is 0.174. The molecule has 0 spiro atoms. The third-order valence-electron chi connectivity index (χ3n) is 3.98. The van der Waals surface area contributed by atoms with Crippen LogP contribution in [-0.2, 0) is 13.0 Å². The van der Waals surface area contributed by atoms with Crippen molar-refractivity contribution in [1.82, 2.24) is 10.6 Å². The predicted molar refractivity (Wildman–Crippen MR) is 99.4 cm³/mol. The molecule has 4 nitrogen and oxygen atoms in total. The molecule has 5 heteroatoms. The van der Waals surface area contributed by atoms with E-state index in [2.05, 4.69) is 41.8 Å². The maximum absolute atomic E-state index is 5.39. The standard InChI is InChI=1S/C19H22N2O2S/c1-14(7-8-15-5-3-2-4-6-15)21-19(24)20-12-16-9-10-17-18(11-16)23-13-22-17/h2-6,9-11,14H,7-8,12-13H2,1H3,(H2,20,21,24)/t14-/m0/s1. The van der Waals surface area contributed by atoms with Gasteiger partial charge in [0.25, 0.3) is 0 Å². The Morgan fingerprint density at radius 2 is 1.88 bits per heavy atom. The molecule has 1 aliphatic heterocycles. The Bertz CT molecular complexity index is 691. The largest absolute Gasteiger partial charge is 0.454 e. The van der Waals surface area contributed by atoms with Crippen LogP contribution in [0.4, 0.5) is 0 Å². The van der Waals surface area contributed by atoms with Gasteiger partial charge >= 0.3 is 0 Å². The predicted octanol–water partition coefficient (Wildman–Crippen LogP) is 3.40. The highest BCUT2D eigenvalue weighted by Gasteiger charge is 2.13. The second-order valence-electron chi connectivity index (χ2n) is 5.94. The summed E-state index contributed by atoms with van der Waals surface area (Å²) < 4.78 is 10.7. The number of fused-ring (bicyclic) bond motifs is 1. The molecule has 2 aromatic carbocycles. The molecule has 0 unspecified atom stereocenters. The molecule has 0 saturated heterocycles. The van der Waals surface area contributed by atoms with Crippen molar-refractivity contribution in [2.24, 2.45) is 0 Å². The van der Waals surface area contributed by atoms with Crippen LogP contribution < -0.4 is 20.1 Å². The minimum absolute atomic E-state index is 0.297. The van der Waals surface area contributed by atoms with Crippen molar-refractivity contribution in [1.29, 1.82) is 0 Å². The van der Waals surface area contributed by atoms with Crippen molar-refractivity contribution in [3.05, 3.63) is 59.7 Å². The molecule has 0 bridgehead atoms. The van der Waals surface area contributed by atoms with Crippen LogP contribution in [-0.4, -0.2) is 17.9 Å². The minimum atomic E-state index is 0.297. The zero-order chi connectivity index (χ0) is 16.8. The Labute approximate surface area is 148 Å². The molecule has 0 aromatic heterocycles. The first kappa shape index (κ1) is 16.6. The number of benzene rings is 2. The molecule has 2 aromatic rings. The summed E-state index contributed by atoms with van der Waals surface area (Å²) in [6.07, 6.45) is 2.08. The van der Waals surface area contributed by atoms with Crippen molar-refractivity contribution in [3.63, 3.8) is 0 Å². The van der Waals surface area contributed by atoms with E-state index >= 15 is 0 Å². The van der Waals surface area contributed by atoms with Gasteiger partial charge in [-0.2, -0.15) is 0 Å². The molecule has 0 radical (unpaired) electrons. The Morgan fingerprint density at radius 3 is 2.71 bits per heavy atom. The quantitative estimate of drug-likeness (QED) is 0.788. The average Bonchev–Trinajstić information content (AvgIpc) is 3.07. The van der Waals surface area contributed by atoms with Gasteiger partial charge in [0, 0.05) is 12.6 Å². The van der Waals surface area contributed by atoms with Crippen LogP contribution in [0.3, 0.4) is 0 Å². The lowest BCUT2D eigenvalue weighted by Gasteiger charge is -2.17. The van der Waals surface area contributed by atoms with Crippen LogP contribution >= 0.6 is 12.2 Å². The second-order valence-corrected chi connectivity index (χ2v) is 6.35. The molecular formula is C19H22N2O2S. The zero-order valence-corrected chi connectivity index (χ0v) is 14.6. The van der Waals surface area contributed by atoms with Crippen LogP contribution in [0.15, 0.2) is 48.5 Å². The first-order valence-corrected chi connectivity index (χ1v) is 8.58. The van der Waals surface area contributed by atoms with E-state index in [0.717, 1.165) is 29.9 Å². The average molecular weight is 342 g/mol. The van der Waals surface area contributed by atoms with Crippen LogP contribution in [0.1, 0.15) is 24.5 Å². The van der Waals surface area contributed by atoms with Gasteiger partial charge in [-0.15, -0.1) is 0 Å². The van der Waals surface area contributed by atoms with E-state index in [1.54, 1.807) is 0 Å². The van der Waals surface area contributed by atoms with Crippen molar-refractivity contribution < 1.29 is 9.47 Å². The van der Waals surface area contributed by atoms with E-state index < -0.39 is 0 Å². The highest BCUT2D eigenvalue weighted by Crippen LogP contribution is 2.32. The number of hydrogen-bond acceptors (Lipinski definition) is 3. The molecule has 1 heterocycles. The van der Waals surface area contributed by atoms with Crippen LogP contribution in [0.5, 0.6) is 11.5 Å². The summed E-state index contributed by atoms with van der Waals surface area (Å²) in [5, 5.41) is 7.25. The molecule has 3 rings (SSSR count). The van der Waals surface area contributed by atoms with Gasteiger partial charge in [-0.25, -0.2) is 0 Å². The molecule has 1 aliphatic rings. The second kappa shape index (κ2) is 8.02.